The molecule has 4 nitrogen and oxygen atoms in total. The first-order chi connectivity index (χ1) is 9.55. The van der Waals surface area contributed by atoms with Crippen molar-refractivity contribution in [2.24, 2.45) is 0 Å². The lowest BCUT2D eigenvalue weighted by atomic mass is 10.1. The molecule has 1 fully saturated rings. The van der Waals surface area contributed by atoms with Crippen LogP contribution < -0.4 is 5.32 Å². The zero-order valence-electron chi connectivity index (χ0n) is 12.3. The van der Waals surface area contributed by atoms with Gasteiger partial charge in [-0.3, -0.25) is 0 Å². The van der Waals surface area contributed by atoms with Crippen molar-refractivity contribution in [3.8, 4) is 0 Å². The van der Waals surface area contributed by atoms with E-state index in [1.165, 1.54) is 5.56 Å². The Hall–Kier alpha value is -0.910. The second-order valence-corrected chi connectivity index (χ2v) is 7.39. The number of piperidine rings is 1. The van der Waals surface area contributed by atoms with Crippen LogP contribution in [0.25, 0.3) is 0 Å². The Bertz CT molecular complexity index is 519. The highest BCUT2D eigenvalue weighted by Crippen LogP contribution is 2.21. The van der Waals surface area contributed by atoms with Crippen LogP contribution in [-0.2, 0) is 16.4 Å². The van der Waals surface area contributed by atoms with E-state index in [-0.39, 0.29) is 6.04 Å². The quantitative estimate of drug-likeness (QED) is 0.904. The van der Waals surface area contributed by atoms with E-state index in [1.54, 1.807) is 23.5 Å². The topological polar surface area (TPSA) is 49.4 Å². The summed E-state index contributed by atoms with van der Waals surface area (Å²) < 4.78 is 26.8. The van der Waals surface area contributed by atoms with E-state index in [1.807, 2.05) is 12.1 Å². The molecule has 2 rings (SSSR count). The van der Waals surface area contributed by atoms with E-state index >= 15 is 0 Å². The van der Waals surface area contributed by atoms with Gasteiger partial charge in [0.05, 0.1) is 4.90 Å². The standard InChI is InChI=1S/C15H24N2O2S/c1-3-4-13-5-7-15(8-6-13)20(18,19)17(2)14-9-11-16-12-10-14/h5-8,14,16H,3-4,9-12H2,1-2H3. The molecule has 0 atom stereocenters. The van der Waals surface area contributed by atoms with Gasteiger partial charge < -0.3 is 5.32 Å². The van der Waals surface area contributed by atoms with Crippen LogP contribution >= 0.6 is 0 Å². The Morgan fingerprint density at radius 3 is 2.35 bits per heavy atom. The molecular weight excluding hydrogens is 272 g/mol. The normalized spacial score (nSPS) is 17.6. The number of hydrogen-bond donors (Lipinski definition) is 1. The average molecular weight is 296 g/mol. The van der Waals surface area contributed by atoms with Crippen molar-refractivity contribution < 1.29 is 8.42 Å². The molecule has 1 N–H and O–H groups in total. The molecule has 1 aromatic carbocycles. The van der Waals surface area contributed by atoms with Crippen LogP contribution in [-0.4, -0.2) is 38.9 Å². The number of benzene rings is 1. The Labute approximate surface area is 122 Å². The zero-order valence-corrected chi connectivity index (χ0v) is 13.1. The molecule has 0 unspecified atom stereocenters. The molecule has 5 heteroatoms. The van der Waals surface area contributed by atoms with Gasteiger partial charge in [0.15, 0.2) is 0 Å². The summed E-state index contributed by atoms with van der Waals surface area (Å²) in [5.74, 6) is 0. The van der Waals surface area contributed by atoms with E-state index in [9.17, 15) is 8.42 Å². The third-order valence-electron chi connectivity index (χ3n) is 3.96. The predicted octanol–water partition coefficient (Wildman–Crippen LogP) is 2.01. The number of sulfonamides is 1. The van der Waals surface area contributed by atoms with E-state index < -0.39 is 10.0 Å². The van der Waals surface area contributed by atoms with Crippen molar-refractivity contribution in [1.29, 1.82) is 0 Å². The molecule has 20 heavy (non-hydrogen) atoms. The van der Waals surface area contributed by atoms with Gasteiger partial charge in [0, 0.05) is 13.1 Å². The fraction of sp³-hybridized carbons (Fsp3) is 0.600. The van der Waals surface area contributed by atoms with E-state index in [0.717, 1.165) is 38.8 Å². The first-order valence-corrected chi connectivity index (χ1v) is 8.77. The van der Waals surface area contributed by atoms with Gasteiger partial charge in [-0.15, -0.1) is 0 Å². The summed E-state index contributed by atoms with van der Waals surface area (Å²) in [5.41, 5.74) is 1.19. The summed E-state index contributed by atoms with van der Waals surface area (Å²) in [4.78, 5) is 0.401. The molecule has 0 saturated carbocycles. The minimum Gasteiger partial charge on any atom is -0.317 e. The molecule has 0 bridgehead atoms. The van der Waals surface area contributed by atoms with Crippen LogP contribution in [0.3, 0.4) is 0 Å². The minimum absolute atomic E-state index is 0.108. The Balaban J connectivity index is 2.15. The fourth-order valence-corrected chi connectivity index (χ4v) is 4.07. The Kier molecular flexibility index (Phi) is 5.18. The highest BCUT2D eigenvalue weighted by molar-refractivity contribution is 7.89. The van der Waals surface area contributed by atoms with Gasteiger partial charge >= 0.3 is 0 Å². The Morgan fingerprint density at radius 2 is 1.80 bits per heavy atom. The molecule has 1 heterocycles. The molecule has 112 valence electrons. The summed E-state index contributed by atoms with van der Waals surface area (Å²) >= 11 is 0. The molecule has 0 aromatic heterocycles. The average Bonchev–Trinajstić information content (AvgIpc) is 2.48. The summed E-state index contributed by atoms with van der Waals surface area (Å²) in [7, 11) is -1.67. The van der Waals surface area contributed by atoms with Crippen LogP contribution in [0.2, 0.25) is 0 Å². The third kappa shape index (κ3) is 3.40. The third-order valence-corrected chi connectivity index (χ3v) is 5.89. The summed E-state index contributed by atoms with van der Waals surface area (Å²) in [6.45, 7) is 3.90. The zero-order chi connectivity index (χ0) is 14.6. The molecule has 0 aliphatic carbocycles. The van der Waals surface area contributed by atoms with Crippen molar-refractivity contribution in [2.75, 3.05) is 20.1 Å². The van der Waals surface area contributed by atoms with Gasteiger partial charge in [0.1, 0.15) is 0 Å². The predicted molar refractivity (Wildman–Crippen MR) is 81.3 cm³/mol. The number of aryl methyl sites for hydroxylation is 1. The van der Waals surface area contributed by atoms with Crippen LogP contribution in [0.5, 0.6) is 0 Å². The number of rotatable bonds is 5. The van der Waals surface area contributed by atoms with Crippen molar-refractivity contribution in [1.82, 2.24) is 9.62 Å². The van der Waals surface area contributed by atoms with Crippen LogP contribution in [0, 0.1) is 0 Å². The van der Waals surface area contributed by atoms with E-state index in [4.69, 9.17) is 0 Å². The monoisotopic (exact) mass is 296 g/mol. The first kappa shape index (κ1) is 15.5. The maximum atomic E-state index is 12.6. The van der Waals surface area contributed by atoms with Gasteiger partial charge in [-0.1, -0.05) is 25.5 Å². The van der Waals surface area contributed by atoms with E-state index in [2.05, 4.69) is 12.2 Å². The maximum Gasteiger partial charge on any atom is 0.243 e. The molecule has 0 spiro atoms. The van der Waals surface area contributed by atoms with Gasteiger partial charge in [-0.25, -0.2) is 8.42 Å². The molecule has 1 saturated heterocycles. The lowest BCUT2D eigenvalue weighted by molar-refractivity contribution is 0.296. The summed E-state index contributed by atoms with van der Waals surface area (Å²) in [6, 6.07) is 7.42. The SMILES string of the molecule is CCCc1ccc(S(=O)(=O)N(C)C2CCNCC2)cc1. The molecule has 0 radical (unpaired) electrons. The Morgan fingerprint density at radius 1 is 1.20 bits per heavy atom. The maximum absolute atomic E-state index is 12.6. The first-order valence-electron chi connectivity index (χ1n) is 7.33. The second-order valence-electron chi connectivity index (χ2n) is 5.40. The molecular formula is C15H24N2O2S. The van der Waals surface area contributed by atoms with Crippen molar-refractivity contribution in [3.05, 3.63) is 29.8 Å². The minimum atomic E-state index is -3.36. The van der Waals surface area contributed by atoms with Gasteiger partial charge in [0.25, 0.3) is 0 Å². The second kappa shape index (κ2) is 6.70. The highest BCUT2D eigenvalue weighted by Gasteiger charge is 2.28. The highest BCUT2D eigenvalue weighted by atomic mass is 32.2. The van der Waals surface area contributed by atoms with Crippen molar-refractivity contribution in [2.45, 2.75) is 43.5 Å². The van der Waals surface area contributed by atoms with Gasteiger partial charge in [0.2, 0.25) is 10.0 Å². The van der Waals surface area contributed by atoms with Gasteiger partial charge in [-0.2, -0.15) is 4.31 Å². The largest absolute Gasteiger partial charge is 0.317 e. The lowest BCUT2D eigenvalue weighted by Gasteiger charge is -2.30. The fourth-order valence-electron chi connectivity index (χ4n) is 2.65. The smallest absolute Gasteiger partial charge is 0.243 e. The van der Waals surface area contributed by atoms with Gasteiger partial charge in [-0.05, 0) is 50.0 Å². The summed E-state index contributed by atoms with van der Waals surface area (Å²) in [6.07, 6.45) is 3.82. The van der Waals surface area contributed by atoms with Crippen LogP contribution in [0.4, 0.5) is 0 Å². The molecule has 0 amide bonds. The van der Waals surface area contributed by atoms with Crippen molar-refractivity contribution >= 4 is 10.0 Å². The number of nitrogens with one attached hydrogen (secondary N) is 1. The lowest BCUT2D eigenvalue weighted by Crippen LogP contribution is -2.43. The summed E-state index contributed by atoms with van der Waals surface area (Å²) in [5, 5.41) is 3.26. The molecule has 1 aromatic rings. The molecule has 1 aliphatic rings. The number of nitrogens with zero attached hydrogens (tertiary/aromatic N) is 1. The number of hydrogen-bond acceptors (Lipinski definition) is 3. The molecule has 1 aliphatic heterocycles. The van der Waals surface area contributed by atoms with Crippen molar-refractivity contribution in [3.63, 3.8) is 0 Å². The van der Waals surface area contributed by atoms with Crippen LogP contribution in [0.15, 0.2) is 29.2 Å². The van der Waals surface area contributed by atoms with E-state index in [0.29, 0.717) is 4.90 Å². The van der Waals surface area contributed by atoms with Crippen LogP contribution in [0.1, 0.15) is 31.7 Å².